The van der Waals surface area contributed by atoms with Crippen LogP contribution < -0.4 is 5.32 Å². The van der Waals surface area contributed by atoms with Gasteiger partial charge < -0.3 is 5.32 Å². The number of aromatic nitrogens is 2. The highest BCUT2D eigenvalue weighted by atomic mass is 35.5. The lowest BCUT2D eigenvalue weighted by Gasteiger charge is -2.20. The van der Waals surface area contributed by atoms with Crippen molar-refractivity contribution < 1.29 is 4.79 Å². The molecule has 6 heteroatoms. The number of nitrogens with one attached hydrogen (secondary N) is 1. The van der Waals surface area contributed by atoms with Crippen LogP contribution in [0.4, 0.5) is 0 Å². The van der Waals surface area contributed by atoms with E-state index in [1.165, 1.54) is 5.56 Å². The van der Waals surface area contributed by atoms with Crippen LogP contribution in [0.5, 0.6) is 0 Å². The Bertz CT molecular complexity index is 1310. The van der Waals surface area contributed by atoms with Gasteiger partial charge in [-0.15, -0.1) is 0 Å². The molecule has 2 aromatic heterocycles. The Morgan fingerprint density at radius 1 is 1.00 bits per heavy atom. The molecule has 0 aliphatic rings. The summed E-state index contributed by atoms with van der Waals surface area (Å²) < 4.78 is 1.89. The van der Waals surface area contributed by atoms with Crippen LogP contribution in [0.2, 0.25) is 10.0 Å². The Morgan fingerprint density at radius 3 is 2.32 bits per heavy atom. The number of benzene rings is 2. The first-order chi connectivity index (χ1) is 17.8. The lowest BCUT2D eigenvalue weighted by atomic mass is 9.90. The van der Waals surface area contributed by atoms with E-state index in [9.17, 15) is 4.79 Å². The summed E-state index contributed by atoms with van der Waals surface area (Å²) in [5, 5.41) is 4.59. The van der Waals surface area contributed by atoms with Crippen LogP contribution >= 0.6 is 23.2 Å². The molecule has 2 radical (unpaired) electrons. The molecule has 0 saturated carbocycles. The van der Waals surface area contributed by atoms with Crippen molar-refractivity contribution in [2.45, 2.75) is 45.4 Å². The van der Waals surface area contributed by atoms with E-state index in [1.54, 1.807) is 0 Å². The van der Waals surface area contributed by atoms with Gasteiger partial charge in [-0.3, -0.25) is 9.20 Å². The normalized spacial score (nSPS) is 13.1. The number of imidazole rings is 1. The van der Waals surface area contributed by atoms with Gasteiger partial charge >= 0.3 is 0 Å². The molecule has 2 atom stereocenters. The third-order valence-corrected chi connectivity index (χ3v) is 6.93. The fraction of sp³-hybridized carbons (Fsp3) is 0.290. The molecule has 4 nitrogen and oxygen atoms in total. The topological polar surface area (TPSA) is 46.4 Å². The molecule has 2 heterocycles. The second-order valence-corrected chi connectivity index (χ2v) is 10.7. The summed E-state index contributed by atoms with van der Waals surface area (Å²) in [4.78, 5) is 18.2. The quantitative estimate of drug-likeness (QED) is 0.211. The summed E-state index contributed by atoms with van der Waals surface area (Å²) in [6.07, 6.45) is 8.23. The molecule has 1 N–H and O–H groups in total. The number of fused-ring (bicyclic) bond motifs is 1. The van der Waals surface area contributed by atoms with E-state index >= 15 is 0 Å². The molecule has 1 amide bonds. The number of pyridine rings is 1. The van der Waals surface area contributed by atoms with Crippen molar-refractivity contribution in [3.63, 3.8) is 0 Å². The molecule has 2 unspecified atom stereocenters. The van der Waals surface area contributed by atoms with Crippen LogP contribution in [0.15, 0.2) is 72.9 Å². The van der Waals surface area contributed by atoms with Crippen molar-refractivity contribution in [3.8, 4) is 0 Å². The van der Waals surface area contributed by atoms with Gasteiger partial charge in [0.15, 0.2) is 0 Å². The van der Waals surface area contributed by atoms with Gasteiger partial charge in [0.05, 0.1) is 5.69 Å². The maximum absolute atomic E-state index is 13.4. The van der Waals surface area contributed by atoms with Crippen molar-refractivity contribution >= 4 is 34.8 Å². The van der Waals surface area contributed by atoms with Gasteiger partial charge in [0, 0.05) is 41.0 Å². The number of rotatable bonds is 11. The minimum atomic E-state index is -0.116. The van der Waals surface area contributed by atoms with Gasteiger partial charge in [-0.2, -0.15) is 0 Å². The number of hydrogen-bond acceptors (Lipinski definition) is 2. The first-order valence-corrected chi connectivity index (χ1v) is 13.5. The minimum Gasteiger partial charge on any atom is -0.350 e. The van der Waals surface area contributed by atoms with E-state index in [0.717, 1.165) is 29.7 Å². The number of halogens is 2. The first kappa shape index (κ1) is 27.2. The van der Waals surface area contributed by atoms with Gasteiger partial charge in [0.25, 0.3) is 5.91 Å². The molecule has 0 aliphatic heterocycles. The maximum Gasteiger partial charge on any atom is 0.268 e. The van der Waals surface area contributed by atoms with E-state index < -0.39 is 0 Å². The van der Waals surface area contributed by atoms with Crippen molar-refractivity contribution in [1.29, 1.82) is 0 Å². The van der Waals surface area contributed by atoms with Gasteiger partial charge in [-0.1, -0.05) is 80.7 Å². The first-order valence-electron chi connectivity index (χ1n) is 12.8. The number of hydrogen-bond donors (Lipinski definition) is 1. The van der Waals surface area contributed by atoms with E-state index in [4.69, 9.17) is 28.2 Å². The molecule has 4 rings (SSSR count). The predicted octanol–water partition coefficient (Wildman–Crippen LogP) is 8.15. The Hall–Kier alpha value is -2.82. The summed E-state index contributed by atoms with van der Waals surface area (Å²) in [7, 11) is 0. The van der Waals surface area contributed by atoms with Crippen LogP contribution in [0.1, 0.15) is 72.8 Å². The number of amides is 1. The monoisotopic (exact) mass is 533 g/mol. The molecule has 192 valence electrons. The number of carbonyl (C=O) groups excluding carboxylic acids is 1. The number of carbonyl (C=O) groups is 1. The third kappa shape index (κ3) is 7.15. The van der Waals surface area contributed by atoms with Crippen LogP contribution in [0.3, 0.4) is 0 Å². The summed E-state index contributed by atoms with van der Waals surface area (Å²) in [6.45, 7) is 7.06. The number of nitrogens with zero attached hydrogens (tertiary/aromatic N) is 2. The molecule has 0 saturated heterocycles. The summed E-state index contributed by atoms with van der Waals surface area (Å²) in [6, 6.07) is 21.3. The van der Waals surface area contributed by atoms with Crippen molar-refractivity contribution in [2.75, 3.05) is 6.54 Å². The molecule has 0 fully saturated rings. The van der Waals surface area contributed by atoms with E-state index in [-0.39, 0.29) is 17.7 Å². The molecular weight excluding hydrogens is 501 g/mol. The highest BCUT2D eigenvalue weighted by Crippen LogP contribution is 2.28. The molecular formula is C31H33Cl2N3O. The summed E-state index contributed by atoms with van der Waals surface area (Å²) >= 11 is 12.1. The fourth-order valence-electron chi connectivity index (χ4n) is 4.63. The second-order valence-electron chi connectivity index (χ2n) is 9.78. The van der Waals surface area contributed by atoms with Gasteiger partial charge in [0.1, 0.15) is 11.3 Å². The van der Waals surface area contributed by atoms with E-state index in [0.29, 0.717) is 28.2 Å². The highest BCUT2D eigenvalue weighted by Gasteiger charge is 2.20. The van der Waals surface area contributed by atoms with Crippen molar-refractivity contribution in [3.05, 3.63) is 118 Å². The standard InChI is InChI=1S/C31H33Cl2N3O/c1-4-6-24(18-22-9-13-26(32)14-10-22)28-20-36-29(7-5-8-30(36)35-28)31(37)34-19-25(17-21(2)3)23-11-15-27(33)16-12-23/h5-16,18,20-21,24-25H,4,17,19H2,1-3H3,(H,34,37). The van der Waals surface area contributed by atoms with Gasteiger partial charge in [-0.05, 0) is 66.3 Å². The summed E-state index contributed by atoms with van der Waals surface area (Å²) in [5.74, 6) is 0.606. The zero-order valence-corrected chi connectivity index (χ0v) is 23.0. The van der Waals surface area contributed by atoms with E-state index in [2.05, 4.69) is 38.9 Å². The Morgan fingerprint density at radius 2 is 1.68 bits per heavy atom. The van der Waals surface area contributed by atoms with Crippen LogP contribution in [0, 0.1) is 18.8 Å². The molecule has 0 bridgehead atoms. The molecule has 4 aromatic rings. The average Bonchev–Trinajstić information content (AvgIpc) is 3.32. The molecule has 0 aliphatic carbocycles. The van der Waals surface area contributed by atoms with Gasteiger partial charge in [0.2, 0.25) is 0 Å². The van der Waals surface area contributed by atoms with Crippen LogP contribution in [0.25, 0.3) is 5.65 Å². The van der Waals surface area contributed by atoms with Gasteiger partial charge in [-0.25, -0.2) is 4.98 Å². The molecule has 37 heavy (non-hydrogen) atoms. The molecule has 2 aromatic carbocycles. The Balaban J connectivity index is 1.54. The van der Waals surface area contributed by atoms with Crippen LogP contribution in [-0.4, -0.2) is 21.8 Å². The second kappa shape index (κ2) is 12.6. The minimum absolute atomic E-state index is 0.0160. The fourth-order valence-corrected chi connectivity index (χ4v) is 4.88. The summed E-state index contributed by atoms with van der Waals surface area (Å²) in [5.41, 5.74) is 4.47. The molecule has 0 spiro atoms. The zero-order chi connectivity index (χ0) is 26.4. The van der Waals surface area contributed by atoms with Crippen molar-refractivity contribution in [2.24, 2.45) is 5.92 Å². The maximum atomic E-state index is 13.4. The largest absolute Gasteiger partial charge is 0.350 e. The van der Waals surface area contributed by atoms with E-state index in [1.807, 2.05) is 77.3 Å². The Labute approximate surface area is 230 Å². The predicted molar refractivity (Wildman–Crippen MR) is 153 cm³/mol. The lowest BCUT2D eigenvalue weighted by Crippen LogP contribution is -2.30. The smallest absolute Gasteiger partial charge is 0.268 e. The van der Waals surface area contributed by atoms with Crippen molar-refractivity contribution in [1.82, 2.24) is 14.7 Å². The van der Waals surface area contributed by atoms with Crippen LogP contribution in [-0.2, 0) is 0 Å². The highest BCUT2D eigenvalue weighted by molar-refractivity contribution is 6.30. The third-order valence-electron chi connectivity index (χ3n) is 6.42. The Kier molecular flexibility index (Phi) is 9.28. The SMILES string of the molecule is CC[CH]C([CH]c1ccc(Cl)cc1)c1cn2c(C(=O)NCC(CC(C)C)c3ccc(Cl)cc3)cccc2n1. The lowest BCUT2D eigenvalue weighted by molar-refractivity contribution is 0.0943. The zero-order valence-electron chi connectivity index (χ0n) is 21.5. The average molecular weight is 535 g/mol.